The Labute approximate surface area is 283 Å². The summed E-state index contributed by atoms with van der Waals surface area (Å²) in [5.74, 6) is -0.0217. The molecule has 0 aromatic heterocycles. The van der Waals surface area contributed by atoms with Gasteiger partial charge in [-0.1, -0.05) is 35.4 Å². The van der Waals surface area contributed by atoms with Crippen molar-refractivity contribution < 1.29 is 43.2 Å². The Balaban J connectivity index is 1.51. The highest BCUT2D eigenvalue weighted by atomic mass is 35.5. The summed E-state index contributed by atoms with van der Waals surface area (Å²) >= 11 is 6.70. The summed E-state index contributed by atoms with van der Waals surface area (Å²) in [5, 5.41) is 16.9. The van der Waals surface area contributed by atoms with Crippen molar-refractivity contribution in [1.29, 1.82) is 0 Å². The second-order valence-electron chi connectivity index (χ2n) is 12.5. The molecule has 0 aliphatic carbocycles. The summed E-state index contributed by atoms with van der Waals surface area (Å²) < 4.78 is 28.6. The number of rotatable bonds is 4. The molecule has 0 spiro atoms. The van der Waals surface area contributed by atoms with E-state index in [2.05, 4.69) is 10.6 Å². The summed E-state index contributed by atoms with van der Waals surface area (Å²) in [7, 11) is 4.51. The number of anilines is 3. The van der Waals surface area contributed by atoms with Crippen LogP contribution in [0.2, 0.25) is 5.02 Å². The lowest BCUT2D eigenvalue weighted by Gasteiger charge is -2.40. The molecule has 0 unspecified atom stereocenters. The Bertz CT molecular complexity index is 1620. The topological polar surface area (TPSA) is 174 Å². The standard InChI is InChI=1S/C34H41ClN4O9/c1-19-7-6-8-26(45-5)34(43)18-23(46-32(42)38-34)16-28-33(2,48-28)27(47-31(41)37-22-11-9-21(36)10-12-22)17-29(40)39(3)24-14-20(13-19)15-25(44-4)30(24)35/h6-12,14-15,23,26-28,43H,13,16-18,36H2,1-5H3,(H,37,41)(H,38,42)/b8-6+,19-7+/t23-,26-,27+,28+,33+,34+/m1/s1. The Morgan fingerprint density at radius 3 is 2.62 bits per heavy atom. The fraction of sp³-hybridized carbons (Fsp3) is 0.441. The van der Waals surface area contributed by atoms with Gasteiger partial charge in [0, 0.05) is 38.4 Å². The van der Waals surface area contributed by atoms with E-state index in [-0.39, 0.29) is 24.3 Å². The maximum absolute atomic E-state index is 13.9. The van der Waals surface area contributed by atoms with Crippen LogP contribution in [-0.4, -0.2) is 80.2 Å². The molecule has 0 radical (unpaired) electrons. The average Bonchev–Trinajstić information content (AvgIpc) is 3.68. The van der Waals surface area contributed by atoms with Gasteiger partial charge in [-0.05, 0) is 62.2 Å². The maximum Gasteiger partial charge on any atom is 0.412 e. The third-order valence-corrected chi connectivity index (χ3v) is 9.28. The van der Waals surface area contributed by atoms with Gasteiger partial charge in [0.05, 0.1) is 25.3 Å². The monoisotopic (exact) mass is 684 g/mol. The number of carbonyl (C=O) groups excluding carboxylic acids is 3. The molecule has 2 aromatic rings. The molecule has 0 saturated carbocycles. The Morgan fingerprint density at radius 2 is 1.94 bits per heavy atom. The van der Waals surface area contributed by atoms with Gasteiger partial charge in [0.1, 0.15) is 34.7 Å². The van der Waals surface area contributed by atoms with Crippen molar-refractivity contribution in [2.75, 3.05) is 37.2 Å². The maximum atomic E-state index is 13.9. The van der Waals surface area contributed by atoms with E-state index >= 15 is 0 Å². The quantitative estimate of drug-likeness (QED) is 0.261. The molecule has 3 aliphatic rings. The number of allylic oxidation sites excluding steroid dienone is 3. The van der Waals surface area contributed by atoms with Gasteiger partial charge in [-0.2, -0.15) is 0 Å². The van der Waals surface area contributed by atoms with Gasteiger partial charge in [0.25, 0.3) is 0 Å². The number of aliphatic hydroxyl groups is 1. The molecule has 14 heteroatoms. The van der Waals surface area contributed by atoms with E-state index in [1.165, 1.54) is 19.1 Å². The molecule has 48 heavy (non-hydrogen) atoms. The lowest BCUT2D eigenvalue weighted by atomic mass is 9.90. The van der Waals surface area contributed by atoms with Gasteiger partial charge in [0.2, 0.25) is 5.91 Å². The van der Waals surface area contributed by atoms with Crippen molar-refractivity contribution >= 4 is 46.8 Å². The van der Waals surface area contributed by atoms with Crippen molar-refractivity contribution in [2.45, 2.75) is 75.3 Å². The first-order valence-electron chi connectivity index (χ1n) is 15.5. The van der Waals surface area contributed by atoms with Crippen LogP contribution >= 0.6 is 11.6 Å². The first-order valence-corrected chi connectivity index (χ1v) is 15.8. The third kappa shape index (κ3) is 7.70. The zero-order valence-electron chi connectivity index (χ0n) is 27.4. The number of methoxy groups -OCH3 is 2. The molecule has 6 atom stereocenters. The smallest absolute Gasteiger partial charge is 0.412 e. The minimum atomic E-state index is -1.78. The van der Waals surface area contributed by atoms with Crippen LogP contribution in [0.25, 0.3) is 0 Å². The number of fused-ring (bicyclic) bond motifs is 5. The Kier molecular flexibility index (Phi) is 10.2. The van der Waals surface area contributed by atoms with Crippen molar-refractivity contribution in [3.8, 4) is 5.75 Å². The van der Waals surface area contributed by atoms with Crippen LogP contribution < -0.4 is 26.0 Å². The van der Waals surface area contributed by atoms with Crippen LogP contribution in [0.1, 0.15) is 38.7 Å². The Hall–Kier alpha value is -4.30. The lowest BCUT2D eigenvalue weighted by molar-refractivity contribution is -0.135. The highest BCUT2D eigenvalue weighted by molar-refractivity contribution is 6.35. The van der Waals surface area contributed by atoms with E-state index in [4.69, 9.17) is 41.0 Å². The first-order chi connectivity index (χ1) is 22.7. The number of hydrogen-bond donors (Lipinski definition) is 4. The number of carbonyl (C=O) groups is 3. The largest absolute Gasteiger partial charge is 0.495 e. The van der Waals surface area contributed by atoms with Crippen molar-refractivity contribution in [3.05, 3.63) is 70.8 Å². The molecule has 5 rings (SSSR count). The molecule has 2 saturated heterocycles. The van der Waals surface area contributed by atoms with E-state index in [1.807, 2.05) is 13.0 Å². The van der Waals surface area contributed by atoms with E-state index in [9.17, 15) is 19.5 Å². The molecule has 3 amide bonds. The predicted molar refractivity (Wildman–Crippen MR) is 179 cm³/mol. The SMILES string of the molecule is COc1cc2cc(c1Cl)N(C)C(=O)C[C@H](OC(=O)Nc1ccc(N)cc1)[C@]1(C)O[C@H]1C[C@@H]1C[C@@](O)(NC(=O)O1)[C@H](OC)/C=C/C=C(\C)C2. The summed E-state index contributed by atoms with van der Waals surface area (Å²) in [6.07, 6.45) is 0.609. The number of alkyl carbamates (subject to hydrolysis) is 1. The lowest BCUT2D eigenvalue weighted by Crippen LogP contribution is -2.62. The molecule has 4 bridgehead atoms. The van der Waals surface area contributed by atoms with E-state index in [0.717, 1.165) is 11.1 Å². The summed E-state index contributed by atoms with van der Waals surface area (Å²) in [5.41, 5.74) is 5.97. The summed E-state index contributed by atoms with van der Waals surface area (Å²) in [4.78, 5) is 41.1. The molecule has 3 heterocycles. The molecule has 3 aliphatic heterocycles. The zero-order valence-corrected chi connectivity index (χ0v) is 28.2. The predicted octanol–water partition coefficient (Wildman–Crippen LogP) is 4.71. The third-order valence-electron chi connectivity index (χ3n) is 8.90. The van der Waals surface area contributed by atoms with Crippen LogP contribution in [0.5, 0.6) is 5.75 Å². The number of ether oxygens (including phenoxy) is 5. The van der Waals surface area contributed by atoms with E-state index < -0.39 is 53.8 Å². The second-order valence-corrected chi connectivity index (χ2v) is 12.8. The summed E-state index contributed by atoms with van der Waals surface area (Å²) in [6.45, 7) is 3.64. The fourth-order valence-corrected chi connectivity index (χ4v) is 6.41. The minimum absolute atomic E-state index is 0.0187. The second kappa shape index (κ2) is 14.0. The van der Waals surface area contributed by atoms with Crippen molar-refractivity contribution in [2.24, 2.45) is 0 Å². The number of nitrogens with zero attached hydrogens (tertiary/aromatic N) is 1. The van der Waals surface area contributed by atoms with Crippen LogP contribution in [0.15, 0.2) is 60.2 Å². The molecule has 5 N–H and O–H groups in total. The number of hydrogen-bond acceptors (Lipinski definition) is 10. The molecular formula is C34H41ClN4O9. The van der Waals surface area contributed by atoms with Crippen LogP contribution in [0, 0.1) is 0 Å². The van der Waals surface area contributed by atoms with Crippen LogP contribution in [0.3, 0.4) is 0 Å². The van der Waals surface area contributed by atoms with Gasteiger partial charge in [0.15, 0.2) is 5.72 Å². The van der Waals surface area contributed by atoms with Crippen LogP contribution in [0.4, 0.5) is 26.7 Å². The van der Waals surface area contributed by atoms with Crippen LogP contribution in [-0.2, 0) is 30.2 Å². The average molecular weight is 685 g/mol. The minimum Gasteiger partial charge on any atom is -0.495 e. The number of nitrogen functional groups attached to an aromatic ring is 1. The Morgan fingerprint density at radius 1 is 1.21 bits per heavy atom. The normalized spacial score (nSPS) is 30.9. The van der Waals surface area contributed by atoms with E-state index in [0.29, 0.717) is 29.2 Å². The first kappa shape index (κ1) is 35.0. The number of epoxide rings is 1. The number of halogens is 1. The van der Waals surface area contributed by atoms with Crippen molar-refractivity contribution in [1.82, 2.24) is 5.32 Å². The molecular weight excluding hydrogens is 644 g/mol. The number of nitrogens with one attached hydrogen (secondary N) is 2. The van der Waals surface area contributed by atoms with Gasteiger partial charge >= 0.3 is 12.2 Å². The van der Waals surface area contributed by atoms with Gasteiger partial charge < -0.3 is 39.4 Å². The van der Waals surface area contributed by atoms with Gasteiger partial charge in [-0.15, -0.1) is 0 Å². The van der Waals surface area contributed by atoms with Crippen molar-refractivity contribution in [3.63, 3.8) is 0 Å². The molecule has 2 fully saturated rings. The van der Waals surface area contributed by atoms with Gasteiger partial charge in [-0.25, -0.2) is 9.59 Å². The molecule has 13 nitrogen and oxygen atoms in total. The molecule has 2 aromatic carbocycles. The number of benzene rings is 2. The zero-order chi connectivity index (χ0) is 34.8. The van der Waals surface area contributed by atoms with E-state index in [1.54, 1.807) is 62.5 Å². The highest BCUT2D eigenvalue weighted by Crippen LogP contribution is 2.46. The highest BCUT2D eigenvalue weighted by Gasteiger charge is 2.61. The number of nitrogens with two attached hydrogens (primary N) is 1. The fourth-order valence-electron chi connectivity index (χ4n) is 6.09. The van der Waals surface area contributed by atoms with Gasteiger partial charge in [-0.3, -0.25) is 15.4 Å². The number of amides is 3. The molecule has 258 valence electrons. The summed E-state index contributed by atoms with van der Waals surface area (Å²) in [6, 6.07) is 10.1.